The number of pyridine rings is 1. The van der Waals surface area contributed by atoms with E-state index in [9.17, 15) is 4.79 Å². The first kappa shape index (κ1) is 13.5. The van der Waals surface area contributed by atoms with E-state index in [0.29, 0.717) is 6.61 Å². The summed E-state index contributed by atoms with van der Waals surface area (Å²) in [6.07, 6.45) is 4.03. The predicted octanol–water partition coefficient (Wildman–Crippen LogP) is 2.78. The fourth-order valence-electron chi connectivity index (χ4n) is 2.22. The van der Waals surface area contributed by atoms with Gasteiger partial charge in [0.05, 0.1) is 6.61 Å². The minimum absolute atomic E-state index is 0.201. The number of benzene rings is 1. The lowest BCUT2D eigenvalue weighted by Gasteiger charge is -2.04. The maximum Gasteiger partial charge on any atom is 0.302 e. The summed E-state index contributed by atoms with van der Waals surface area (Å²) in [5.74, 6) is -0.201. The van der Waals surface area contributed by atoms with Crippen molar-refractivity contribution < 1.29 is 14.1 Å². The van der Waals surface area contributed by atoms with Crippen LogP contribution in [0, 0.1) is 6.92 Å². The van der Waals surface area contributed by atoms with Crippen LogP contribution in [0.25, 0.3) is 10.9 Å². The molecule has 3 heteroatoms. The van der Waals surface area contributed by atoms with E-state index in [1.807, 2.05) is 0 Å². The maximum absolute atomic E-state index is 10.7. The summed E-state index contributed by atoms with van der Waals surface area (Å²) in [5.41, 5.74) is 2.56. The SMILES string of the molecule is CC(=O)OCCCC[n+]1ccc(C)c2ccccc21. The van der Waals surface area contributed by atoms with Crippen molar-refractivity contribution in [2.45, 2.75) is 33.2 Å². The Morgan fingerprint density at radius 3 is 2.79 bits per heavy atom. The average molecular weight is 258 g/mol. The first-order chi connectivity index (χ1) is 9.18. The average Bonchev–Trinajstić information content (AvgIpc) is 2.41. The van der Waals surface area contributed by atoms with Crippen molar-refractivity contribution in [2.75, 3.05) is 6.61 Å². The molecular formula is C16H20NO2+. The summed E-state index contributed by atoms with van der Waals surface area (Å²) in [4.78, 5) is 10.7. The monoisotopic (exact) mass is 258 g/mol. The van der Waals surface area contributed by atoms with E-state index < -0.39 is 0 Å². The van der Waals surface area contributed by atoms with Crippen molar-refractivity contribution >= 4 is 16.9 Å². The highest BCUT2D eigenvalue weighted by molar-refractivity contribution is 5.78. The molecule has 0 aliphatic heterocycles. The molecule has 0 unspecified atom stereocenters. The number of nitrogens with zero attached hydrogens (tertiary/aromatic N) is 1. The van der Waals surface area contributed by atoms with Gasteiger partial charge in [0.15, 0.2) is 6.20 Å². The molecule has 0 spiro atoms. The van der Waals surface area contributed by atoms with E-state index in [2.05, 4.69) is 48.0 Å². The van der Waals surface area contributed by atoms with Gasteiger partial charge in [0.2, 0.25) is 5.52 Å². The highest BCUT2D eigenvalue weighted by atomic mass is 16.5. The lowest BCUT2D eigenvalue weighted by molar-refractivity contribution is -0.671. The Labute approximate surface area is 113 Å². The summed E-state index contributed by atoms with van der Waals surface area (Å²) in [6, 6.07) is 10.6. The number of fused-ring (bicyclic) bond motifs is 1. The second-order valence-electron chi connectivity index (χ2n) is 4.76. The lowest BCUT2D eigenvalue weighted by atomic mass is 10.1. The van der Waals surface area contributed by atoms with E-state index >= 15 is 0 Å². The number of hydrogen-bond donors (Lipinski definition) is 0. The third kappa shape index (κ3) is 3.53. The van der Waals surface area contributed by atoms with Crippen LogP contribution < -0.4 is 4.57 Å². The van der Waals surface area contributed by atoms with Crippen LogP contribution in [-0.4, -0.2) is 12.6 Å². The Balaban J connectivity index is 2.01. The zero-order chi connectivity index (χ0) is 13.7. The fraction of sp³-hybridized carbons (Fsp3) is 0.375. The van der Waals surface area contributed by atoms with Crippen LogP contribution in [0.3, 0.4) is 0 Å². The molecule has 3 nitrogen and oxygen atoms in total. The number of ether oxygens (including phenoxy) is 1. The van der Waals surface area contributed by atoms with Crippen molar-refractivity contribution in [3.8, 4) is 0 Å². The van der Waals surface area contributed by atoms with E-state index in [1.165, 1.54) is 23.4 Å². The van der Waals surface area contributed by atoms with Gasteiger partial charge in [0.25, 0.3) is 0 Å². The van der Waals surface area contributed by atoms with Crippen LogP contribution >= 0.6 is 0 Å². The Morgan fingerprint density at radius 1 is 1.21 bits per heavy atom. The highest BCUT2D eigenvalue weighted by Crippen LogP contribution is 2.13. The van der Waals surface area contributed by atoms with Gasteiger partial charge in [-0.1, -0.05) is 12.1 Å². The third-order valence-electron chi connectivity index (χ3n) is 3.24. The zero-order valence-electron chi connectivity index (χ0n) is 11.6. The number of aryl methyl sites for hydroxylation is 2. The van der Waals surface area contributed by atoms with Crippen LogP contribution in [-0.2, 0) is 16.1 Å². The Hall–Kier alpha value is -1.90. The van der Waals surface area contributed by atoms with Crippen molar-refractivity contribution in [1.82, 2.24) is 0 Å². The van der Waals surface area contributed by atoms with Gasteiger partial charge in [-0.2, -0.15) is 4.57 Å². The van der Waals surface area contributed by atoms with E-state index in [0.717, 1.165) is 19.4 Å². The minimum Gasteiger partial charge on any atom is -0.466 e. The third-order valence-corrected chi connectivity index (χ3v) is 3.24. The summed E-state index contributed by atoms with van der Waals surface area (Å²) in [6.45, 7) is 5.04. The van der Waals surface area contributed by atoms with Gasteiger partial charge in [0.1, 0.15) is 6.54 Å². The molecule has 0 atom stereocenters. The smallest absolute Gasteiger partial charge is 0.302 e. The van der Waals surface area contributed by atoms with Crippen molar-refractivity contribution in [2.24, 2.45) is 0 Å². The van der Waals surface area contributed by atoms with E-state index in [4.69, 9.17) is 4.74 Å². The molecule has 0 radical (unpaired) electrons. The van der Waals surface area contributed by atoms with Gasteiger partial charge < -0.3 is 4.74 Å². The lowest BCUT2D eigenvalue weighted by Crippen LogP contribution is -2.34. The first-order valence-electron chi connectivity index (χ1n) is 6.69. The van der Waals surface area contributed by atoms with Gasteiger partial charge in [-0.25, -0.2) is 0 Å². The number of unbranched alkanes of at least 4 members (excludes halogenated alkanes) is 1. The number of aromatic nitrogens is 1. The molecule has 0 amide bonds. The molecular weight excluding hydrogens is 238 g/mol. The summed E-state index contributed by atoms with van der Waals surface area (Å²) < 4.78 is 7.20. The summed E-state index contributed by atoms with van der Waals surface area (Å²) >= 11 is 0. The molecule has 1 aromatic heterocycles. The van der Waals surface area contributed by atoms with Crippen LogP contribution in [0.1, 0.15) is 25.3 Å². The zero-order valence-corrected chi connectivity index (χ0v) is 11.6. The largest absolute Gasteiger partial charge is 0.466 e. The fourth-order valence-corrected chi connectivity index (χ4v) is 2.22. The molecule has 0 fully saturated rings. The van der Waals surface area contributed by atoms with Crippen LogP contribution in [0.5, 0.6) is 0 Å². The molecule has 0 bridgehead atoms. The van der Waals surface area contributed by atoms with Gasteiger partial charge in [-0.15, -0.1) is 0 Å². The van der Waals surface area contributed by atoms with Gasteiger partial charge in [0, 0.05) is 30.9 Å². The quantitative estimate of drug-likeness (QED) is 0.469. The molecule has 19 heavy (non-hydrogen) atoms. The maximum atomic E-state index is 10.7. The summed E-state index contributed by atoms with van der Waals surface area (Å²) in [5, 5.41) is 1.30. The number of rotatable bonds is 5. The van der Waals surface area contributed by atoms with Gasteiger partial charge in [-0.05, 0) is 25.0 Å². The molecule has 1 heterocycles. The van der Waals surface area contributed by atoms with Crippen LogP contribution in [0.2, 0.25) is 0 Å². The predicted molar refractivity (Wildman–Crippen MR) is 74.7 cm³/mol. The molecule has 2 aromatic rings. The van der Waals surface area contributed by atoms with E-state index in [-0.39, 0.29) is 5.97 Å². The number of carbonyl (C=O) groups excluding carboxylic acids is 1. The highest BCUT2D eigenvalue weighted by Gasteiger charge is 2.09. The number of para-hydroxylation sites is 1. The van der Waals surface area contributed by atoms with E-state index in [1.54, 1.807) is 0 Å². The van der Waals surface area contributed by atoms with Crippen LogP contribution in [0.15, 0.2) is 36.5 Å². The molecule has 2 rings (SSSR count). The number of carbonyl (C=O) groups is 1. The van der Waals surface area contributed by atoms with Crippen molar-refractivity contribution in [3.05, 3.63) is 42.1 Å². The van der Waals surface area contributed by atoms with Crippen LogP contribution in [0.4, 0.5) is 0 Å². The molecule has 0 saturated carbocycles. The topological polar surface area (TPSA) is 30.2 Å². The molecule has 0 N–H and O–H groups in total. The van der Waals surface area contributed by atoms with Crippen molar-refractivity contribution in [3.63, 3.8) is 0 Å². The standard InChI is InChI=1S/C16H20NO2/c1-13-9-11-17(10-5-6-12-19-14(2)18)16-8-4-3-7-15(13)16/h3-4,7-9,11H,5-6,10,12H2,1-2H3/q+1. The molecule has 1 aromatic carbocycles. The van der Waals surface area contributed by atoms with Gasteiger partial charge >= 0.3 is 5.97 Å². The molecule has 0 aliphatic rings. The Morgan fingerprint density at radius 2 is 2.00 bits per heavy atom. The second kappa shape index (κ2) is 6.32. The molecule has 0 aliphatic carbocycles. The minimum atomic E-state index is -0.201. The normalized spacial score (nSPS) is 10.6. The number of esters is 1. The Bertz CT molecular complexity index is 578. The first-order valence-corrected chi connectivity index (χ1v) is 6.69. The Kier molecular flexibility index (Phi) is 4.50. The second-order valence-corrected chi connectivity index (χ2v) is 4.76. The van der Waals surface area contributed by atoms with Gasteiger partial charge in [-0.3, -0.25) is 4.79 Å². The number of hydrogen-bond acceptors (Lipinski definition) is 2. The molecule has 100 valence electrons. The van der Waals surface area contributed by atoms with Crippen molar-refractivity contribution in [1.29, 1.82) is 0 Å². The summed E-state index contributed by atoms with van der Waals surface area (Å²) in [7, 11) is 0. The molecule has 0 saturated heterocycles.